The van der Waals surface area contributed by atoms with Gasteiger partial charge < -0.3 is 0 Å². The number of alkyl halides is 1. The molecule has 0 nitrogen and oxygen atoms in total. The van der Waals surface area contributed by atoms with Crippen LogP contribution in [-0.4, -0.2) is 5.67 Å². The Labute approximate surface area is 42.7 Å². The quantitative estimate of drug-likeness (QED) is 0.472. The summed E-state index contributed by atoms with van der Waals surface area (Å²) >= 11 is 0. The summed E-state index contributed by atoms with van der Waals surface area (Å²) in [7, 11) is 0. The van der Waals surface area contributed by atoms with Gasteiger partial charge in [-0.3, -0.25) is 0 Å². The fourth-order valence-electron chi connectivity index (χ4n) is 1.13. The maximum Gasteiger partial charge on any atom is 0.114 e. The largest absolute Gasteiger partial charge is 0.244 e. The zero-order valence-electron chi connectivity index (χ0n) is 4.28. The van der Waals surface area contributed by atoms with Crippen molar-refractivity contribution in [3.63, 3.8) is 0 Å². The minimum atomic E-state index is -0.639. The topological polar surface area (TPSA) is 0 Å². The molecule has 0 saturated heterocycles. The summed E-state index contributed by atoms with van der Waals surface area (Å²) in [6.45, 7) is 0. The monoisotopic (exact) mass is 100 g/mol. The summed E-state index contributed by atoms with van der Waals surface area (Å²) in [6, 6.07) is 0. The fraction of sp³-hybridized carbons (Fsp3) is 1.00. The average Bonchev–Trinajstić information content (AvgIpc) is 2.14. The number of halogens is 1. The molecule has 0 radical (unpaired) electrons. The van der Waals surface area contributed by atoms with Crippen molar-refractivity contribution in [1.29, 1.82) is 0 Å². The summed E-state index contributed by atoms with van der Waals surface area (Å²) < 4.78 is 12.7. The first-order valence-corrected chi connectivity index (χ1v) is 3.00. The Hall–Kier alpha value is -0.0700. The highest BCUT2D eigenvalue weighted by Crippen LogP contribution is 2.56. The molecule has 2 aliphatic carbocycles. The summed E-state index contributed by atoms with van der Waals surface area (Å²) in [4.78, 5) is 0. The Morgan fingerprint density at radius 1 is 1.29 bits per heavy atom. The van der Waals surface area contributed by atoms with E-state index < -0.39 is 5.67 Å². The molecule has 0 heterocycles. The van der Waals surface area contributed by atoms with Gasteiger partial charge in [-0.2, -0.15) is 0 Å². The van der Waals surface area contributed by atoms with Gasteiger partial charge in [0, 0.05) is 0 Å². The van der Waals surface area contributed by atoms with Crippen molar-refractivity contribution in [2.45, 2.75) is 31.4 Å². The predicted octanol–water partition coefficient (Wildman–Crippen LogP) is 1.90. The van der Waals surface area contributed by atoms with E-state index in [1.807, 2.05) is 0 Å². The minimum Gasteiger partial charge on any atom is -0.244 e. The molecule has 0 aromatic heterocycles. The lowest BCUT2D eigenvalue weighted by molar-refractivity contribution is 0.272. The van der Waals surface area contributed by atoms with Crippen molar-refractivity contribution in [2.24, 2.45) is 5.92 Å². The van der Waals surface area contributed by atoms with Gasteiger partial charge in [0.25, 0.3) is 0 Å². The van der Waals surface area contributed by atoms with Crippen LogP contribution >= 0.6 is 0 Å². The molecule has 0 aromatic carbocycles. The SMILES string of the molecule is FC1(C2CC2)CC1. The highest BCUT2D eigenvalue weighted by atomic mass is 19.1. The first-order valence-electron chi connectivity index (χ1n) is 3.00. The van der Waals surface area contributed by atoms with Gasteiger partial charge in [0.2, 0.25) is 0 Å². The summed E-state index contributed by atoms with van der Waals surface area (Å²) in [6.07, 6.45) is 4.04. The van der Waals surface area contributed by atoms with E-state index in [1.165, 1.54) is 0 Å². The van der Waals surface area contributed by atoms with Gasteiger partial charge in [0.15, 0.2) is 0 Å². The Morgan fingerprint density at radius 3 is 2.00 bits per heavy atom. The van der Waals surface area contributed by atoms with Crippen LogP contribution in [0.2, 0.25) is 0 Å². The lowest BCUT2D eigenvalue weighted by atomic mass is 10.2. The van der Waals surface area contributed by atoms with Gasteiger partial charge in [0.05, 0.1) is 0 Å². The second-order valence-corrected chi connectivity index (χ2v) is 2.81. The maximum absolute atomic E-state index is 12.7. The van der Waals surface area contributed by atoms with E-state index in [0.717, 1.165) is 25.7 Å². The summed E-state index contributed by atoms with van der Waals surface area (Å²) in [5.74, 6) is 0.493. The third-order valence-electron chi connectivity index (χ3n) is 2.04. The fourth-order valence-corrected chi connectivity index (χ4v) is 1.13. The molecule has 0 unspecified atom stereocenters. The molecule has 0 bridgehead atoms. The van der Waals surface area contributed by atoms with Crippen molar-refractivity contribution >= 4 is 0 Å². The summed E-state index contributed by atoms with van der Waals surface area (Å²) in [5, 5.41) is 0. The molecular weight excluding hydrogens is 91.1 g/mol. The van der Waals surface area contributed by atoms with E-state index >= 15 is 0 Å². The van der Waals surface area contributed by atoms with E-state index in [2.05, 4.69) is 0 Å². The van der Waals surface area contributed by atoms with E-state index in [0.29, 0.717) is 5.92 Å². The third-order valence-corrected chi connectivity index (χ3v) is 2.04. The van der Waals surface area contributed by atoms with E-state index in [-0.39, 0.29) is 0 Å². The van der Waals surface area contributed by atoms with Gasteiger partial charge >= 0.3 is 0 Å². The average molecular weight is 100 g/mol. The van der Waals surface area contributed by atoms with E-state index in [9.17, 15) is 4.39 Å². The molecule has 0 amide bonds. The second kappa shape index (κ2) is 0.862. The molecule has 2 aliphatic rings. The molecule has 0 aromatic rings. The van der Waals surface area contributed by atoms with Crippen molar-refractivity contribution in [3.05, 3.63) is 0 Å². The number of rotatable bonds is 1. The van der Waals surface area contributed by atoms with Crippen LogP contribution in [0.5, 0.6) is 0 Å². The molecule has 40 valence electrons. The lowest BCUT2D eigenvalue weighted by Crippen LogP contribution is -1.99. The zero-order chi connectivity index (χ0) is 4.91. The van der Waals surface area contributed by atoms with Crippen molar-refractivity contribution in [3.8, 4) is 0 Å². The third kappa shape index (κ3) is 0.472. The van der Waals surface area contributed by atoms with Crippen molar-refractivity contribution in [2.75, 3.05) is 0 Å². The molecular formula is C6H9F. The highest BCUT2D eigenvalue weighted by Gasteiger charge is 2.54. The number of hydrogen-bond acceptors (Lipinski definition) is 0. The number of hydrogen-bond donors (Lipinski definition) is 0. The van der Waals surface area contributed by atoms with Crippen molar-refractivity contribution < 1.29 is 4.39 Å². The first-order chi connectivity index (χ1) is 3.31. The molecule has 2 rings (SSSR count). The summed E-state index contributed by atoms with van der Waals surface area (Å²) in [5.41, 5.74) is -0.639. The molecule has 2 fully saturated rings. The molecule has 7 heavy (non-hydrogen) atoms. The standard InChI is InChI=1S/C6H9F/c7-6(3-4-6)5-1-2-5/h5H,1-4H2. The van der Waals surface area contributed by atoms with Crippen LogP contribution in [0.15, 0.2) is 0 Å². The predicted molar refractivity (Wildman–Crippen MR) is 25.8 cm³/mol. The lowest BCUT2D eigenvalue weighted by Gasteiger charge is -1.95. The minimum absolute atomic E-state index is 0.493. The smallest absolute Gasteiger partial charge is 0.114 e. The van der Waals surface area contributed by atoms with E-state index in [1.54, 1.807) is 0 Å². The van der Waals surface area contributed by atoms with Gasteiger partial charge in [0.1, 0.15) is 5.67 Å². The second-order valence-electron chi connectivity index (χ2n) is 2.81. The Balaban J connectivity index is 2.04. The van der Waals surface area contributed by atoms with Gasteiger partial charge in [-0.25, -0.2) is 4.39 Å². The van der Waals surface area contributed by atoms with E-state index in [4.69, 9.17) is 0 Å². The highest BCUT2D eigenvalue weighted by molar-refractivity contribution is 5.05. The van der Waals surface area contributed by atoms with Crippen LogP contribution in [-0.2, 0) is 0 Å². The van der Waals surface area contributed by atoms with Gasteiger partial charge in [-0.05, 0) is 31.6 Å². The Bertz CT molecular complexity index is 90.4. The van der Waals surface area contributed by atoms with Crippen LogP contribution in [0.4, 0.5) is 4.39 Å². The molecule has 0 atom stereocenters. The van der Waals surface area contributed by atoms with Crippen LogP contribution < -0.4 is 0 Å². The zero-order valence-corrected chi connectivity index (χ0v) is 4.28. The molecule has 0 spiro atoms. The molecule has 0 aliphatic heterocycles. The molecule has 0 N–H and O–H groups in total. The van der Waals surface area contributed by atoms with Gasteiger partial charge in [-0.1, -0.05) is 0 Å². The van der Waals surface area contributed by atoms with Crippen LogP contribution in [0.1, 0.15) is 25.7 Å². The Kier molecular flexibility index (Phi) is 0.477. The van der Waals surface area contributed by atoms with Gasteiger partial charge in [-0.15, -0.1) is 0 Å². The maximum atomic E-state index is 12.7. The van der Waals surface area contributed by atoms with Crippen LogP contribution in [0.3, 0.4) is 0 Å². The normalized spacial score (nSPS) is 35.6. The van der Waals surface area contributed by atoms with Crippen molar-refractivity contribution in [1.82, 2.24) is 0 Å². The molecule has 2 saturated carbocycles. The first kappa shape index (κ1) is 3.88. The van der Waals surface area contributed by atoms with Crippen LogP contribution in [0.25, 0.3) is 0 Å². The van der Waals surface area contributed by atoms with Crippen LogP contribution in [0, 0.1) is 5.92 Å². The Morgan fingerprint density at radius 2 is 1.86 bits per heavy atom. The molecule has 1 heteroatoms.